The molecule has 0 saturated carbocycles. The quantitative estimate of drug-likeness (QED) is 0.617. The second kappa shape index (κ2) is 5.47. The lowest BCUT2D eigenvalue weighted by molar-refractivity contribution is 0.103. The number of aromatic nitrogens is 1. The summed E-state index contributed by atoms with van der Waals surface area (Å²) in [5.74, 6) is -0.126. The molecule has 21 heavy (non-hydrogen) atoms. The lowest BCUT2D eigenvalue weighted by atomic mass is 10.0. The Morgan fingerprint density at radius 2 is 1.81 bits per heavy atom. The van der Waals surface area contributed by atoms with Crippen molar-refractivity contribution in [2.75, 3.05) is 0 Å². The summed E-state index contributed by atoms with van der Waals surface area (Å²) in [6.45, 7) is 1.94. The molecular weight excluding hydrogens is 305 g/mol. The average Bonchev–Trinajstić information content (AvgIpc) is 2.46. The van der Waals surface area contributed by atoms with Crippen LogP contribution in [0.5, 0.6) is 0 Å². The van der Waals surface area contributed by atoms with Gasteiger partial charge in [-0.15, -0.1) is 0 Å². The van der Waals surface area contributed by atoms with Crippen LogP contribution in [0.25, 0.3) is 10.9 Å². The highest BCUT2D eigenvalue weighted by atomic mass is 35.5. The van der Waals surface area contributed by atoms with Gasteiger partial charge in [0.1, 0.15) is 0 Å². The molecule has 2 aromatic carbocycles. The van der Waals surface area contributed by atoms with Crippen LogP contribution in [0.15, 0.2) is 48.5 Å². The number of halogens is 2. The highest BCUT2D eigenvalue weighted by molar-refractivity contribution is 6.37. The number of hydrogen-bond acceptors (Lipinski definition) is 2. The zero-order valence-corrected chi connectivity index (χ0v) is 12.7. The number of carbonyl (C=O) groups is 1. The summed E-state index contributed by atoms with van der Waals surface area (Å²) in [6.07, 6.45) is 0. The minimum absolute atomic E-state index is 0.126. The predicted octanol–water partition coefficient (Wildman–Crippen LogP) is 5.08. The summed E-state index contributed by atoms with van der Waals surface area (Å²) in [4.78, 5) is 17.0. The van der Waals surface area contributed by atoms with Gasteiger partial charge in [-0.05, 0) is 49.4 Å². The van der Waals surface area contributed by atoms with Gasteiger partial charge in [0.05, 0.1) is 10.5 Å². The Morgan fingerprint density at radius 1 is 1.00 bits per heavy atom. The Kier molecular flexibility index (Phi) is 3.66. The molecular formula is C17H11Cl2NO. The number of fused-ring (bicyclic) bond motifs is 1. The van der Waals surface area contributed by atoms with E-state index in [1.165, 1.54) is 0 Å². The van der Waals surface area contributed by atoms with Crippen LogP contribution in [0.2, 0.25) is 10.0 Å². The van der Waals surface area contributed by atoms with E-state index >= 15 is 0 Å². The number of carbonyl (C=O) groups excluding carboxylic acids is 1. The first-order chi connectivity index (χ1) is 10.0. The van der Waals surface area contributed by atoms with E-state index in [0.29, 0.717) is 21.2 Å². The lowest BCUT2D eigenvalue weighted by Crippen LogP contribution is -2.02. The van der Waals surface area contributed by atoms with E-state index in [1.807, 2.05) is 31.2 Å². The van der Waals surface area contributed by atoms with Gasteiger partial charge in [0.2, 0.25) is 0 Å². The molecule has 4 heteroatoms. The molecule has 2 nitrogen and oxygen atoms in total. The molecule has 0 aliphatic rings. The van der Waals surface area contributed by atoms with Crippen molar-refractivity contribution in [1.82, 2.24) is 4.98 Å². The van der Waals surface area contributed by atoms with Crippen LogP contribution < -0.4 is 0 Å². The third-order valence-electron chi connectivity index (χ3n) is 3.27. The largest absolute Gasteiger partial charge is 0.289 e. The van der Waals surface area contributed by atoms with Gasteiger partial charge in [-0.3, -0.25) is 9.78 Å². The van der Waals surface area contributed by atoms with Gasteiger partial charge >= 0.3 is 0 Å². The number of rotatable bonds is 2. The molecule has 1 aromatic heterocycles. The first kappa shape index (κ1) is 14.1. The SMILES string of the molecule is Cc1ccc2cc(C(=O)c3ccc(Cl)cc3Cl)ccc2n1. The van der Waals surface area contributed by atoms with E-state index in [2.05, 4.69) is 4.98 Å². The molecule has 1 heterocycles. The van der Waals surface area contributed by atoms with Gasteiger partial charge in [0, 0.05) is 27.2 Å². The minimum Gasteiger partial charge on any atom is -0.289 e. The molecule has 0 unspecified atom stereocenters. The van der Waals surface area contributed by atoms with Crippen molar-refractivity contribution in [3.05, 3.63) is 75.4 Å². The van der Waals surface area contributed by atoms with Crippen molar-refractivity contribution in [1.29, 1.82) is 0 Å². The summed E-state index contributed by atoms with van der Waals surface area (Å²) in [7, 11) is 0. The van der Waals surface area contributed by atoms with Crippen molar-refractivity contribution in [3.8, 4) is 0 Å². The smallest absolute Gasteiger partial charge is 0.194 e. The molecule has 0 aliphatic carbocycles. The molecule has 0 N–H and O–H groups in total. The molecule has 0 fully saturated rings. The molecule has 0 radical (unpaired) electrons. The van der Waals surface area contributed by atoms with Crippen LogP contribution in [0.3, 0.4) is 0 Å². The van der Waals surface area contributed by atoms with E-state index < -0.39 is 0 Å². The Balaban J connectivity index is 2.07. The van der Waals surface area contributed by atoms with E-state index in [-0.39, 0.29) is 5.78 Å². The van der Waals surface area contributed by atoms with Gasteiger partial charge in [0.15, 0.2) is 5.78 Å². The molecule has 0 atom stereocenters. The molecule has 0 aliphatic heterocycles. The molecule has 0 amide bonds. The van der Waals surface area contributed by atoms with Gasteiger partial charge in [0.25, 0.3) is 0 Å². The fourth-order valence-electron chi connectivity index (χ4n) is 2.20. The Labute approximate surface area is 132 Å². The topological polar surface area (TPSA) is 30.0 Å². The maximum Gasteiger partial charge on any atom is 0.194 e. The van der Waals surface area contributed by atoms with Crippen LogP contribution in [0.1, 0.15) is 21.6 Å². The van der Waals surface area contributed by atoms with Crippen LogP contribution >= 0.6 is 23.2 Å². The molecule has 3 rings (SSSR count). The summed E-state index contributed by atoms with van der Waals surface area (Å²) in [6, 6.07) is 14.2. The Morgan fingerprint density at radius 3 is 2.57 bits per heavy atom. The maximum atomic E-state index is 12.5. The fraction of sp³-hybridized carbons (Fsp3) is 0.0588. The van der Waals surface area contributed by atoms with Crippen LogP contribution in [0, 0.1) is 6.92 Å². The van der Waals surface area contributed by atoms with Crippen molar-refractivity contribution >= 4 is 39.9 Å². The van der Waals surface area contributed by atoms with E-state index in [9.17, 15) is 4.79 Å². The normalized spacial score (nSPS) is 10.8. The highest BCUT2D eigenvalue weighted by Crippen LogP contribution is 2.24. The van der Waals surface area contributed by atoms with Gasteiger partial charge < -0.3 is 0 Å². The summed E-state index contributed by atoms with van der Waals surface area (Å²) < 4.78 is 0. The second-order valence-corrected chi connectivity index (χ2v) is 5.66. The number of aryl methyl sites for hydroxylation is 1. The van der Waals surface area contributed by atoms with Crippen LogP contribution in [0.4, 0.5) is 0 Å². The summed E-state index contributed by atoms with van der Waals surface area (Å²) in [5.41, 5.74) is 2.84. The third kappa shape index (κ3) is 2.78. The molecule has 0 saturated heterocycles. The third-order valence-corrected chi connectivity index (χ3v) is 3.81. The Bertz CT molecular complexity index is 859. The number of ketones is 1. The highest BCUT2D eigenvalue weighted by Gasteiger charge is 2.13. The van der Waals surface area contributed by atoms with E-state index in [4.69, 9.17) is 23.2 Å². The monoisotopic (exact) mass is 315 g/mol. The average molecular weight is 316 g/mol. The standard InChI is InChI=1S/C17H11Cl2NO/c1-10-2-3-11-8-12(4-7-16(11)20-10)17(21)14-6-5-13(18)9-15(14)19/h2-9H,1H3. The molecule has 0 bridgehead atoms. The number of hydrogen-bond donors (Lipinski definition) is 0. The first-order valence-corrected chi connectivity index (χ1v) is 7.17. The van der Waals surface area contributed by atoms with Crippen molar-refractivity contribution in [2.24, 2.45) is 0 Å². The summed E-state index contributed by atoms with van der Waals surface area (Å²) >= 11 is 12.0. The Hall–Kier alpha value is -1.90. The zero-order chi connectivity index (χ0) is 15.0. The number of pyridine rings is 1. The molecule has 3 aromatic rings. The van der Waals surface area contributed by atoms with Crippen molar-refractivity contribution < 1.29 is 4.79 Å². The number of nitrogens with zero attached hydrogens (tertiary/aromatic N) is 1. The van der Waals surface area contributed by atoms with Crippen molar-refractivity contribution in [3.63, 3.8) is 0 Å². The zero-order valence-electron chi connectivity index (χ0n) is 11.2. The summed E-state index contributed by atoms with van der Waals surface area (Å²) in [5, 5.41) is 1.79. The molecule has 0 spiro atoms. The van der Waals surface area contributed by atoms with Crippen LogP contribution in [-0.4, -0.2) is 10.8 Å². The lowest BCUT2D eigenvalue weighted by Gasteiger charge is -2.06. The van der Waals surface area contributed by atoms with Gasteiger partial charge in [-0.25, -0.2) is 0 Å². The maximum absolute atomic E-state index is 12.5. The second-order valence-electron chi connectivity index (χ2n) is 4.81. The van der Waals surface area contributed by atoms with Crippen LogP contribution in [-0.2, 0) is 0 Å². The van der Waals surface area contributed by atoms with Gasteiger partial charge in [-0.2, -0.15) is 0 Å². The molecule has 104 valence electrons. The predicted molar refractivity (Wildman–Crippen MR) is 86.4 cm³/mol. The first-order valence-electron chi connectivity index (χ1n) is 6.42. The minimum atomic E-state index is -0.126. The van der Waals surface area contributed by atoms with E-state index in [0.717, 1.165) is 16.6 Å². The van der Waals surface area contributed by atoms with Gasteiger partial charge in [-0.1, -0.05) is 29.3 Å². The van der Waals surface area contributed by atoms with Crippen molar-refractivity contribution in [2.45, 2.75) is 6.92 Å². The number of benzene rings is 2. The fourth-order valence-corrected chi connectivity index (χ4v) is 2.69. The van der Waals surface area contributed by atoms with E-state index in [1.54, 1.807) is 24.3 Å².